The zero-order valence-electron chi connectivity index (χ0n) is 13.5. The molecule has 1 aromatic carbocycles. The lowest BCUT2D eigenvalue weighted by molar-refractivity contribution is -0.133. The van der Waals surface area contributed by atoms with Crippen LogP contribution in [-0.2, 0) is 16.1 Å². The van der Waals surface area contributed by atoms with Gasteiger partial charge in [-0.2, -0.15) is 0 Å². The fourth-order valence-corrected chi connectivity index (χ4v) is 2.61. The Labute approximate surface area is 142 Å². The van der Waals surface area contributed by atoms with Gasteiger partial charge in [-0.15, -0.1) is 11.3 Å². The van der Waals surface area contributed by atoms with Gasteiger partial charge < -0.3 is 14.4 Å². The number of nitrogens with zero attached hydrogens (tertiary/aromatic N) is 2. The number of halogens is 1. The maximum Gasteiger partial charge on any atom is 0.350 e. The number of carbonyl (C=O) groups excluding carboxylic acids is 2. The number of esters is 1. The maximum atomic E-state index is 13.6. The second-order valence-corrected chi connectivity index (χ2v) is 6.27. The van der Waals surface area contributed by atoms with Crippen molar-refractivity contribution in [2.75, 3.05) is 20.8 Å². The molecule has 0 bridgehead atoms. The van der Waals surface area contributed by atoms with E-state index >= 15 is 0 Å². The highest BCUT2D eigenvalue weighted by atomic mass is 32.1. The van der Waals surface area contributed by atoms with Gasteiger partial charge in [0.2, 0.25) is 0 Å². The van der Waals surface area contributed by atoms with E-state index in [0.717, 1.165) is 5.01 Å². The first-order valence-corrected chi connectivity index (χ1v) is 7.88. The topological polar surface area (TPSA) is 68.7 Å². The van der Waals surface area contributed by atoms with E-state index in [-0.39, 0.29) is 24.8 Å². The molecule has 0 unspecified atom stereocenters. The molecule has 0 spiro atoms. The number of hydrogen-bond donors (Lipinski definition) is 0. The first-order valence-electron chi connectivity index (χ1n) is 7.06. The Bertz CT molecular complexity index is 747. The second kappa shape index (κ2) is 7.87. The van der Waals surface area contributed by atoms with E-state index in [9.17, 15) is 14.0 Å². The standard InChI is InChI=1S/C16H17FN2O4S/c1-10-18-7-14(24-10)16(21)23-9-15(20)19(2)8-11-4-5-13(22-3)12(17)6-11/h4-7H,8-9H2,1-3H3. The number of rotatable bonds is 6. The minimum atomic E-state index is -0.585. The molecule has 128 valence electrons. The second-order valence-electron chi connectivity index (χ2n) is 5.04. The van der Waals surface area contributed by atoms with Gasteiger partial charge in [0.25, 0.3) is 5.91 Å². The van der Waals surface area contributed by atoms with E-state index in [1.807, 2.05) is 0 Å². The van der Waals surface area contributed by atoms with Crippen LogP contribution in [0.1, 0.15) is 20.2 Å². The van der Waals surface area contributed by atoms with Crippen molar-refractivity contribution in [2.24, 2.45) is 0 Å². The highest BCUT2D eigenvalue weighted by Crippen LogP contribution is 2.18. The third-order valence-corrected chi connectivity index (χ3v) is 4.10. The summed E-state index contributed by atoms with van der Waals surface area (Å²) in [7, 11) is 2.93. The van der Waals surface area contributed by atoms with E-state index in [1.165, 1.54) is 41.7 Å². The van der Waals surface area contributed by atoms with Gasteiger partial charge in [0.1, 0.15) is 4.88 Å². The van der Waals surface area contributed by atoms with Crippen LogP contribution in [-0.4, -0.2) is 42.5 Å². The van der Waals surface area contributed by atoms with Crippen LogP contribution >= 0.6 is 11.3 Å². The van der Waals surface area contributed by atoms with Crippen LogP contribution in [0.25, 0.3) is 0 Å². The number of carbonyl (C=O) groups is 2. The fourth-order valence-electron chi connectivity index (χ4n) is 1.93. The molecular weight excluding hydrogens is 335 g/mol. The van der Waals surface area contributed by atoms with Crippen molar-refractivity contribution >= 4 is 23.2 Å². The smallest absolute Gasteiger partial charge is 0.350 e. The van der Waals surface area contributed by atoms with Crippen LogP contribution in [0.5, 0.6) is 5.75 Å². The summed E-state index contributed by atoms with van der Waals surface area (Å²) in [5.74, 6) is -1.33. The quantitative estimate of drug-likeness (QED) is 0.747. The van der Waals surface area contributed by atoms with Gasteiger partial charge >= 0.3 is 5.97 Å². The lowest BCUT2D eigenvalue weighted by Gasteiger charge is -2.17. The molecule has 0 aliphatic rings. The SMILES string of the molecule is COc1ccc(CN(C)C(=O)COC(=O)c2cnc(C)s2)cc1F. The Morgan fingerprint density at radius 1 is 1.38 bits per heavy atom. The third-order valence-electron chi connectivity index (χ3n) is 3.21. The number of aryl methyl sites for hydroxylation is 1. The summed E-state index contributed by atoms with van der Waals surface area (Å²) in [5, 5.41) is 0.743. The lowest BCUT2D eigenvalue weighted by Crippen LogP contribution is -2.30. The number of thiazole rings is 1. The van der Waals surface area contributed by atoms with Crippen LogP contribution in [0, 0.1) is 12.7 Å². The molecule has 0 atom stereocenters. The van der Waals surface area contributed by atoms with E-state index < -0.39 is 11.8 Å². The van der Waals surface area contributed by atoms with Crippen molar-refractivity contribution < 1.29 is 23.5 Å². The molecule has 8 heteroatoms. The fraction of sp³-hybridized carbons (Fsp3) is 0.312. The summed E-state index contributed by atoms with van der Waals surface area (Å²) in [6.07, 6.45) is 1.41. The Balaban J connectivity index is 1.88. The molecule has 0 N–H and O–H groups in total. The summed E-state index contributed by atoms with van der Waals surface area (Å²) in [6.45, 7) is 1.58. The molecule has 0 radical (unpaired) electrons. The molecule has 2 rings (SSSR count). The predicted octanol–water partition coefficient (Wildman–Crippen LogP) is 2.41. The van der Waals surface area contributed by atoms with Crippen LogP contribution in [0.3, 0.4) is 0 Å². The van der Waals surface area contributed by atoms with Crippen LogP contribution < -0.4 is 4.74 Å². The van der Waals surface area contributed by atoms with Gasteiger partial charge in [-0.05, 0) is 24.6 Å². The summed E-state index contributed by atoms with van der Waals surface area (Å²) in [5.41, 5.74) is 0.605. The molecule has 0 saturated heterocycles. The normalized spacial score (nSPS) is 10.3. The highest BCUT2D eigenvalue weighted by molar-refractivity contribution is 7.13. The van der Waals surface area contributed by atoms with E-state index in [0.29, 0.717) is 10.4 Å². The van der Waals surface area contributed by atoms with Crippen molar-refractivity contribution in [1.82, 2.24) is 9.88 Å². The number of benzene rings is 1. The van der Waals surface area contributed by atoms with Crippen LogP contribution in [0.4, 0.5) is 4.39 Å². The minimum absolute atomic E-state index is 0.140. The first-order chi connectivity index (χ1) is 11.4. The zero-order valence-corrected chi connectivity index (χ0v) is 14.4. The van der Waals surface area contributed by atoms with Gasteiger partial charge in [-0.1, -0.05) is 6.07 Å². The van der Waals surface area contributed by atoms with Gasteiger partial charge in [0.05, 0.1) is 18.3 Å². The molecule has 6 nitrogen and oxygen atoms in total. The van der Waals surface area contributed by atoms with E-state index in [1.54, 1.807) is 20.0 Å². The third kappa shape index (κ3) is 4.51. The molecule has 0 aliphatic carbocycles. The molecular formula is C16H17FN2O4S. The van der Waals surface area contributed by atoms with Gasteiger partial charge in [-0.25, -0.2) is 14.2 Å². The monoisotopic (exact) mass is 352 g/mol. The number of likely N-dealkylation sites (N-methyl/N-ethyl adjacent to an activating group) is 1. The molecule has 2 aromatic rings. The number of hydrogen-bond acceptors (Lipinski definition) is 6. The zero-order chi connectivity index (χ0) is 17.7. The van der Waals surface area contributed by atoms with Crippen molar-refractivity contribution in [1.29, 1.82) is 0 Å². The van der Waals surface area contributed by atoms with Gasteiger partial charge in [0, 0.05) is 13.6 Å². The highest BCUT2D eigenvalue weighted by Gasteiger charge is 2.16. The molecule has 1 heterocycles. The largest absolute Gasteiger partial charge is 0.494 e. The number of aromatic nitrogens is 1. The molecule has 0 saturated carbocycles. The predicted molar refractivity (Wildman–Crippen MR) is 86.6 cm³/mol. The number of amides is 1. The van der Waals surface area contributed by atoms with Crippen LogP contribution in [0.15, 0.2) is 24.4 Å². The van der Waals surface area contributed by atoms with E-state index in [4.69, 9.17) is 9.47 Å². The van der Waals surface area contributed by atoms with Gasteiger partial charge in [-0.3, -0.25) is 4.79 Å². The maximum absolute atomic E-state index is 13.6. The lowest BCUT2D eigenvalue weighted by atomic mass is 10.2. The number of methoxy groups -OCH3 is 1. The average Bonchev–Trinajstić information content (AvgIpc) is 2.99. The Hall–Kier alpha value is -2.48. The van der Waals surface area contributed by atoms with Crippen molar-refractivity contribution in [3.8, 4) is 5.75 Å². The summed E-state index contributed by atoms with van der Waals surface area (Å²) in [6, 6.07) is 4.46. The molecule has 1 amide bonds. The van der Waals surface area contributed by atoms with Gasteiger partial charge in [0.15, 0.2) is 18.2 Å². The average molecular weight is 352 g/mol. The summed E-state index contributed by atoms with van der Waals surface area (Å²) < 4.78 is 23.5. The molecule has 0 fully saturated rings. The Kier molecular flexibility index (Phi) is 5.86. The Morgan fingerprint density at radius 2 is 2.12 bits per heavy atom. The molecule has 1 aromatic heterocycles. The first kappa shape index (κ1) is 17.9. The van der Waals surface area contributed by atoms with Crippen molar-refractivity contribution in [3.05, 3.63) is 45.7 Å². The van der Waals surface area contributed by atoms with E-state index in [2.05, 4.69) is 4.98 Å². The Morgan fingerprint density at radius 3 is 2.71 bits per heavy atom. The van der Waals surface area contributed by atoms with Crippen molar-refractivity contribution in [3.63, 3.8) is 0 Å². The molecule has 24 heavy (non-hydrogen) atoms. The minimum Gasteiger partial charge on any atom is -0.494 e. The van der Waals surface area contributed by atoms with Crippen LogP contribution in [0.2, 0.25) is 0 Å². The summed E-state index contributed by atoms with van der Waals surface area (Å²) in [4.78, 5) is 29.4. The number of ether oxygens (including phenoxy) is 2. The van der Waals surface area contributed by atoms with Crippen molar-refractivity contribution in [2.45, 2.75) is 13.5 Å². The summed E-state index contributed by atoms with van der Waals surface area (Å²) >= 11 is 1.20. The molecule has 0 aliphatic heterocycles.